The van der Waals surface area contributed by atoms with Crippen LogP contribution in [0.25, 0.3) is 0 Å². The number of amides is 3. The molecule has 6 N–H and O–H groups in total. The number of carbonyl (C=O) groups excluding carboxylic acids is 3. The average Bonchev–Trinajstić information content (AvgIpc) is 2.86. The summed E-state index contributed by atoms with van der Waals surface area (Å²) in [5.41, 5.74) is 5.23. The zero-order valence-corrected chi connectivity index (χ0v) is 22.2. The number of carboxylic acids is 1. The summed E-state index contributed by atoms with van der Waals surface area (Å²) in [6, 6.07) is -0.398. The van der Waals surface area contributed by atoms with Gasteiger partial charge in [-0.3, -0.25) is 19.2 Å². The van der Waals surface area contributed by atoms with Crippen molar-refractivity contribution in [1.82, 2.24) is 16.0 Å². The number of likely N-dealkylation sites (N-methyl/N-ethyl adjacent to an activating group) is 1. The number of ether oxygens (including phenoxy) is 6. The highest BCUT2D eigenvalue weighted by atomic mass is 16.6. The van der Waals surface area contributed by atoms with Crippen LogP contribution < -0.4 is 21.7 Å². The molecule has 15 heteroatoms. The SMILES string of the molecule is CNC(CCCNC(=O)COCCOCCOCCOCCOCCOCCNC(=O)CC(=O)O)C(N)=O. The highest BCUT2D eigenvalue weighted by molar-refractivity contribution is 5.93. The van der Waals surface area contributed by atoms with Gasteiger partial charge in [-0.2, -0.15) is 0 Å². The molecule has 0 saturated heterocycles. The van der Waals surface area contributed by atoms with Gasteiger partial charge in [0.05, 0.1) is 78.7 Å². The van der Waals surface area contributed by atoms with Crippen molar-refractivity contribution in [2.24, 2.45) is 5.73 Å². The third kappa shape index (κ3) is 25.3. The molecule has 0 spiro atoms. The minimum Gasteiger partial charge on any atom is -0.481 e. The number of rotatable bonds is 28. The molecule has 0 heterocycles. The van der Waals surface area contributed by atoms with Crippen LogP contribution in [0.1, 0.15) is 19.3 Å². The summed E-state index contributed by atoms with van der Waals surface area (Å²) in [7, 11) is 1.66. The molecule has 38 heavy (non-hydrogen) atoms. The molecule has 0 bridgehead atoms. The summed E-state index contributed by atoms with van der Waals surface area (Å²) in [6.45, 7) is 4.74. The number of hydrogen-bond donors (Lipinski definition) is 5. The number of hydrogen-bond acceptors (Lipinski definition) is 11. The van der Waals surface area contributed by atoms with Gasteiger partial charge in [0.25, 0.3) is 0 Å². The second kappa shape index (κ2) is 26.2. The Morgan fingerprint density at radius 3 is 1.58 bits per heavy atom. The van der Waals surface area contributed by atoms with Crippen LogP contribution in [0.15, 0.2) is 0 Å². The Bertz CT molecular complexity index is 640. The molecule has 0 aromatic carbocycles. The molecular weight excluding hydrogens is 508 g/mol. The van der Waals surface area contributed by atoms with E-state index in [1.54, 1.807) is 7.05 Å². The van der Waals surface area contributed by atoms with Crippen LogP contribution in [-0.2, 0) is 47.6 Å². The van der Waals surface area contributed by atoms with Gasteiger partial charge in [-0.25, -0.2) is 0 Å². The standard InChI is InChI=1S/C23H44N4O11/c1-25-19(23(24)32)3-2-4-26-21(29)18-38-16-15-37-14-13-36-12-11-35-10-9-34-8-7-33-6-5-27-20(28)17-22(30)31/h19,25H,2-18H2,1H3,(H2,24,32)(H,26,29)(H,27,28)(H,30,31). The van der Waals surface area contributed by atoms with Gasteiger partial charge in [0.2, 0.25) is 17.7 Å². The van der Waals surface area contributed by atoms with Crippen molar-refractivity contribution in [3.05, 3.63) is 0 Å². The van der Waals surface area contributed by atoms with E-state index in [1.165, 1.54) is 0 Å². The number of nitrogens with two attached hydrogens (primary N) is 1. The van der Waals surface area contributed by atoms with Gasteiger partial charge in [0.15, 0.2) is 0 Å². The highest BCUT2D eigenvalue weighted by Gasteiger charge is 2.11. The normalized spacial score (nSPS) is 11.7. The van der Waals surface area contributed by atoms with Gasteiger partial charge in [-0.05, 0) is 19.9 Å². The molecule has 0 saturated carbocycles. The molecule has 0 aliphatic carbocycles. The summed E-state index contributed by atoms with van der Waals surface area (Å²) in [4.78, 5) is 44.2. The van der Waals surface area contributed by atoms with Gasteiger partial charge in [-0.15, -0.1) is 0 Å². The first-order chi connectivity index (χ1) is 18.4. The number of primary amides is 1. The van der Waals surface area contributed by atoms with Gasteiger partial charge < -0.3 is 55.2 Å². The van der Waals surface area contributed by atoms with Crippen LogP contribution in [-0.4, -0.2) is 134 Å². The predicted molar refractivity (Wildman–Crippen MR) is 134 cm³/mol. The van der Waals surface area contributed by atoms with Crippen LogP contribution in [0, 0.1) is 0 Å². The lowest BCUT2D eigenvalue weighted by molar-refractivity contribution is -0.140. The molecule has 0 rings (SSSR count). The fourth-order valence-corrected chi connectivity index (χ4v) is 2.74. The summed E-state index contributed by atoms with van der Waals surface area (Å²) in [5.74, 6) is -2.37. The second-order valence-corrected chi connectivity index (χ2v) is 7.77. The zero-order valence-electron chi connectivity index (χ0n) is 22.2. The van der Waals surface area contributed by atoms with Crippen molar-refractivity contribution < 1.29 is 52.7 Å². The zero-order chi connectivity index (χ0) is 28.3. The second-order valence-electron chi connectivity index (χ2n) is 7.77. The molecule has 3 amide bonds. The van der Waals surface area contributed by atoms with Crippen LogP contribution >= 0.6 is 0 Å². The lowest BCUT2D eigenvalue weighted by Crippen LogP contribution is -2.39. The maximum atomic E-state index is 11.7. The Balaban J connectivity index is 3.24. The Hall–Kier alpha value is -2.40. The molecule has 15 nitrogen and oxygen atoms in total. The monoisotopic (exact) mass is 552 g/mol. The minimum absolute atomic E-state index is 0.0605. The number of nitrogens with one attached hydrogen (secondary N) is 3. The summed E-state index contributed by atoms with van der Waals surface area (Å²) in [6.07, 6.45) is 0.622. The van der Waals surface area contributed by atoms with E-state index in [9.17, 15) is 19.2 Å². The van der Waals surface area contributed by atoms with Crippen LogP contribution in [0.3, 0.4) is 0 Å². The Kier molecular flexibility index (Phi) is 24.6. The molecule has 1 atom stereocenters. The number of aliphatic carboxylic acids is 1. The summed E-state index contributed by atoms with van der Waals surface area (Å²) < 4.78 is 31.9. The van der Waals surface area contributed by atoms with Gasteiger partial charge in [-0.1, -0.05) is 0 Å². The van der Waals surface area contributed by atoms with E-state index in [1.807, 2.05) is 0 Å². The summed E-state index contributed by atoms with van der Waals surface area (Å²) >= 11 is 0. The maximum Gasteiger partial charge on any atom is 0.312 e. The molecule has 0 aliphatic rings. The molecule has 0 aromatic heterocycles. The first-order valence-corrected chi connectivity index (χ1v) is 12.5. The quantitative estimate of drug-likeness (QED) is 0.0511. The Labute approximate surface area is 223 Å². The van der Waals surface area contributed by atoms with Crippen molar-refractivity contribution in [2.45, 2.75) is 25.3 Å². The van der Waals surface area contributed by atoms with E-state index in [4.69, 9.17) is 39.3 Å². The lowest BCUT2D eigenvalue weighted by atomic mass is 10.1. The fourth-order valence-electron chi connectivity index (χ4n) is 2.74. The Morgan fingerprint density at radius 1 is 0.684 bits per heavy atom. The van der Waals surface area contributed by atoms with E-state index < -0.39 is 30.2 Å². The molecular formula is C23H44N4O11. The molecule has 1 unspecified atom stereocenters. The van der Waals surface area contributed by atoms with E-state index in [0.717, 1.165) is 0 Å². The van der Waals surface area contributed by atoms with Crippen LogP contribution in [0.5, 0.6) is 0 Å². The Morgan fingerprint density at radius 2 is 1.13 bits per heavy atom. The van der Waals surface area contributed by atoms with Crippen molar-refractivity contribution in [3.63, 3.8) is 0 Å². The van der Waals surface area contributed by atoms with Crippen molar-refractivity contribution >= 4 is 23.7 Å². The third-order valence-corrected chi connectivity index (χ3v) is 4.66. The maximum absolute atomic E-state index is 11.7. The third-order valence-electron chi connectivity index (χ3n) is 4.66. The van der Waals surface area contributed by atoms with Crippen molar-refractivity contribution in [3.8, 4) is 0 Å². The first-order valence-electron chi connectivity index (χ1n) is 12.5. The van der Waals surface area contributed by atoms with E-state index in [-0.39, 0.29) is 32.3 Å². The van der Waals surface area contributed by atoms with Gasteiger partial charge in [0.1, 0.15) is 13.0 Å². The van der Waals surface area contributed by atoms with E-state index in [0.29, 0.717) is 78.8 Å². The van der Waals surface area contributed by atoms with Crippen molar-refractivity contribution in [1.29, 1.82) is 0 Å². The molecule has 0 radical (unpaired) electrons. The van der Waals surface area contributed by atoms with Crippen LogP contribution in [0.2, 0.25) is 0 Å². The van der Waals surface area contributed by atoms with E-state index in [2.05, 4.69) is 16.0 Å². The van der Waals surface area contributed by atoms with Gasteiger partial charge >= 0.3 is 5.97 Å². The smallest absolute Gasteiger partial charge is 0.312 e. The lowest BCUT2D eigenvalue weighted by Gasteiger charge is -2.12. The number of carbonyl (C=O) groups is 4. The predicted octanol–water partition coefficient (Wildman–Crippen LogP) is -2.35. The van der Waals surface area contributed by atoms with Crippen LogP contribution in [0.4, 0.5) is 0 Å². The van der Waals surface area contributed by atoms with Gasteiger partial charge in [0, 0.05) is 13.1 Å². The molecule has 0 aromatic rings. The first kappa shape index (κ1) is 35.6. The van der Waals surface area contributed by atoms with E-state index >= 15 is 0 Å². The molecule has 0 fully saturated rings. The van der Waals surface area contributed by atoms with Crippen molar-refractivity contribution in [2.75, 3.05) is 99.4 Å². The highest BCUT2D eigenvalue weighted by Crippen LogP contribution is 1.95. The number of carboxylic acid groups (broad SMARTS) is 1. The fraction of sp³-hybridized carbons (Fsp3) is 0.826. The molecule has 222 valence electrons. The summed E-state index contributed by atoms with van der Waals surface area (Å²) in [5, 5.41) is 16.4. The molecule has 0 aliphatic heterocycles. The largest absolute Gasteiger partial charge is 0.481 e. The minimum atomic E-state index is -1.17. The topological polar surface area (TPSA) is 206 Å². The average molecular weight is 553 g/mol.